The molecule has 2 amide bonds. The zero-order chi connectivity index (χ0) is 20.0. The van der Waals surface area contributed by atoms with Crippen molar-refractivity contribution >= 4 is 23.6 Å². The Kier molecular flexibility index (Phi) is 4.69. The molecule has 0 unspecified atom stereocenters. The first-order valence-corrected chi connectivity index (χ1v) is 9.63. The van der Waals surface area contributed by atoms with Gasteiger partial charge in [-0.15, -0.1) is 0 Å². The van der Waals surface area contributed by atoms with Gasteiger partial charge in [-0.25, -0.2) is 4.79 Å². The normalized spacial score (nSPS) is 29.0. The van der Waals surface area contributed by atoms with Crippen molar-refractivity contribution in [3.8, 4) is 5.75 Å². The Labute approximate surface area is 163 Å². The third-order valence-corrected chi connectivity index (χ3v) is 6.43. The number of esters is 1. The molecule has 28 heavy (non-hydrogen) atoms. The molecular formula is C21H23NO6. The summed E-state index contributed by atoms with van der Waals surface area (Å²) in [7, 11) is 1.50. The van der Waals surface area contributed by atoms with Crippen molar-refractivity contribution in [1.82, 2.24) is 4.90 Å². The van der Waals surface area contributed by atoms with Crippen molar-refractivity contribution in [2.24, 2.45) is 23.7 Å². The van der Waals surface area contributed by atoms with E-state index in [9.17, 15) is 19.2 Å². The van der Waals surface area contributed by atoms with E-state index in [1.54, 1.807) is 24.3 Å². The Morgan fingerprint density at radius 1 is 1.14 bits per heavy atom. The molecule has 2 saturated carbocycles. The molecule has 5 atom stereocenters. The van der Waals surface area contributed by atoms with Gasteiger partial charge < -0.3 is 9.47 Å². The molecule has 148 valence electrons. The van der Waals surface area contributed by atoms with E-state index in [4.69, 9.17) is 9.47 Å². The van der Waals surface area contributed by atoms with Gasteiger partial charge in [0, 0.05) is 5.56 Å². The molecule has 7 heteroatoms. The second-order valence-electron chi connectivity index (χ2n) is 7.87. The highest BCUT2D eigenvalue weighted by molar-refractivity contribution is 6.08. The third kappa shape index (κ3) is 2.89. The molecule has 3 aliphatic rings. The van der Waals surface area contributed by atoms with Gasteiger partial charge in [0.25, 0.3) is 0 Å². The molecule has 3 fully saturated rings. The zero-order valence-electron chi connectivity index (χ0n) is 15.9. The first kappa shape index (κ1) is 18.7. The van der Waals surface area contributed by atoms with Crippen LogP contribution in [0.3, 0.4) is 0 Å². The minimum atomic E-state index is -1.02. The number of carbonyl (C=O) groups excluding carboxylic acids is 4. The smallest absolute Gasteiger partial charge is 0.329 e. The number of fused-ring (bicyclic) bond motifs is 5. The molecule has 0 radical (unpaired) electrons. The summed E-state index contributed by atoms with van der Waals surface area (Å²) >= 11 is 0. The van der Waals surface area contributed by atoms with Crippen LogP contribution in [-0.2, 0) is 19.1 Å². The Morgan fingerprint density at radius 3 is 2.39 bits per heavy atom. The molecule has 0 spiro atoms. The molecule has 1 aromatic rings. The quantitative estimate of drug-likeness (QED) is 0.422. The van der Waals surface area contributed by atoms with Crippen LogP contribution >= 0.6 is 0 Å². The molecule has 7 nitrogen and oxygen atoms in total. The van der Waals surface area contributed by atoms with Gasteiger partial charge in [0.1, 0.15) is 11.8 Å². The number of imide groups is 1. The second-order valence-corrected chi connectivity index (χ2v) is 7.87. The van der Waals surface area contributed by atoms with E-state index in [0.29, 0.717) is 11.3 Å². The SMILES string of the molecule is COc1cccc(C(=O)COC(=O)[C@@H](C)N2C(=O)[C@H]3[C@@H]4CC[C@@H](C4)[C@@H]3C2=O)c1. The summed E-state index contributed by atoms with van der Waals surface area (Å²) in [6, 6.07) is 5.52. The van der Waals surface area contributed by atoms with E-state index >= 15 is 0 Å². The summed E-state index contributed by atoms with van der Waals surface area (Å²) in [5.41, 5.74) is 0.360. The summed E-state index contributed by atoms with van der Waals surface area (Å²) in [5.74, 6) is -1.15. The van der Waals surface area contributed by atoms with Gasteiger partial charge in [0.15, 0.2) is 12.4 Å². The standard InChI is InChI=1S/C21H23NO6/c1-11(21(26)28-10-16(23)12-4-3-5-15(9-12)27-2)22-19(24)17-13-6-7-14(8-13)18(17)20(22)25/h3-5,9,11,13-14,17-18H,6-8,10H2,1-2H3/t11-,13-,14+,17+,18+/m1/s1. The maximum atomic E-state index is 12.8. The number of Topliss-reactive ketones (excluding diaryl/α,β-unsaturated/α-hetero) is 1. The van der Waals surface area contributed by atoms with E-state index < -0.39 is 18.6 Å². The van der Waals surface area contributed by atoms with Crippen molar-refractivity contribution in [2.45, 2.75) is 32.2 Å². The number of amides is 2. The minimum Gasteiger partial charge on any atom is -0.497 e. The molecule has 1 heterocycles. The van der Waals surface area contributed by atoms with Crippen LogP contribution in [0.5, 0.6) is 5.75 Å². The van der Waals surface area contributed by atoms with Crippen molar-refractivity contribution in [3.63, 3.8) is 0 Å². The van der Waals surface area contributed by atoms with E-state index in [1.165, 1.54) is 14.0 Å². The van der Waals surface area contributed by atoms with Crippen LogP contribution in [0.2, 0.25) is 0 Å². The number of benzene rings is 1. The molecule has 0 N–H and O–H groups in total. The van der Waals surface area contributed by atoms with Gasteiger partial charge in [0.2, 0.25) is 11.8 Å². The van der Waals surface area contributed by atoms with E-state index in [2.05, 4.69) is 0 Å². The zero-order valence-corrected chi connectivity index (χ0v) is 15.9. The second kappa shape index (κ2) is 7.04. The van der Waals surface area contributed by atoms with Gasteiger partial charge in [-0.1, -0.05) is 12.1 Å². The van der Waals surface area contributed by atoms with Crippen LogP contribution < -0.4 is 4.74 Å². The van der Waals surface area contributed by atoms with Crippen LogP contribution in [0.1, 0.15) is 36.5 Å². The molecule has 1 aliphatic heterocycles. The van der Waals surface area contributed by atoms with Crippen molar-refractivity contribution in [2.75, 3.05) is 13.7 Å². The van der Waals surface area contributed by atoms with Crippen molar-refractivity contribution in [1.29, 1.82) is 0 Å². The van der Waals surface area contributed by atoms with Gasteiger partial charge in [-0.3, -0.25) is 19.3 Å². The number of ketones is 1. The van der Waals surface area contributed by atoms with Gasteiger partial charge in [0.05, 0.1) is 18.9 Å². The highest BCUT2D eigenvalue weighted by atomic mass is 16.5. The van der Waals surface area contributed by atoms with Crippen LogP contribution in [0.15, 0.2) is 24.3 Å². The number of likely N-dealkylation sites (tertiary alicyclic amines) is 1. The number of nitrogens with zero attached hydrogens (tertiary/aromatic N) is 1. The molecule has 4 rings (SSSR count). The average Bonchev–Trinajstić information content (AvgIpc) is 3.39. The lowest BCUT2D eigenvalue weighted by Crippen LogP contribution is -2.45. The first-order valence-electron chi connectivity index (χ1n) is 9.63. The van der Waals surface area contributed by atoms with E-state index in [-0.39, 0.29) is 41.3 Å². The predicted octanol–water partition coefficient (Wildman–Crippen LogP) is 1.84. The van der Waals surface area contributed by atoms with E-state index in [0.717, 1.165) is 24.2 Å². The first-order chi connectivity index (χ1) is 13.4. The van der Waals surface area contributed by atoms with Gasteiger partial charge in [-0.05, 0) is 50.2 Å². The topological polar surface area (TPSA) is 90.0 Å². The number of ether oxygens (including phenoxy) is 2. The highest BCUT2D eigenvalue weighted by Gasteiger charge is 2.62. The Morgan fingerprint density at radius 2 is 1.79 bits per heavy atom. The monoisotopic (exact) mass is 385 g/mol. The van der Waals surface area contributed by atoms with Crippen LogP contribution in [0.25, 0.3) is 0 Å². The van der Waals surface area contributed by atoms with Crippen molar-refractivity contribution < 1.29 is 28.7 Å². The fourth-order valence-corrected chi connectivity index (χ4v) is 5.06. The molecular weight excluding hydrogens is 362 g/mol. The largest absolute Gasteiger partial charge is 0.497 e. The average molecular weight is 385 g/mol. The third-order valence-electron chi connectivity index (χ3n) is 6.43. The Balaban J connectivity index is 1.39. The number of hydrogen-bond acceptors (Lipinski definition) is 6. The van der Waals surface area contributed by atoms with Gasteiger partial charge >= 0.3 is 5.97 Å². The molecule has 1 aromatic carbocycles. The van der Waals surface area contributed by atoms with Crippen LogP contribution in [-0.4, -0.2) is 48.2 Å². The minimum absolute atomic E-state index is 0.259. The fourth-order valence-electron chi connectivity index (χ4n) is 5.06. The lowest BCUT2D eigenvalue weighted by molar-refractivity contribution is -0.157. The number of hydrogen-bond donors (Lipinski definition) is 0. The van der Waals surface area contributed by atoms with Crippen LogP contribution in [0, 0.1) is 23.7 Å². The molecule has 0 aromatic heterocycles. The van der Waals surface area contributed by atoms with Crippen LogP contribution in [0.4, 0.5) is 0 Å². The lowest BCUT2D eigenvalue weighted by atomic mass is 9.81. The summed E-state index contributed by atoms with van der Waals surface area (Å²) in [6.45, 7) is 1.03. The Hall–Kier alpha value is -2.70. The molecule has 2 bridgehead atoms. The van der Waals surface area contributed by atoms with Crippen molar-refractivity contribution in [3.05, 3.63) is 29.8 Å². The number of carbonyl (C=O) groups is 4. The Bertz CT molecular complexity index is 821. The summed E-state index contributed by atoms with van der Waals surface area (Å²) < 4.78 is 10.2. The molecule has 1 saturated heterocycles. The maximum absolute atomic E-state index is 12.8. The summed E-state index contributed by atoms with van der Waals surface area (Å²) in [5, 5.41) is 0. The van der Waals surface area contributed by atoms with E-state index in [1.807, 2.05) is 0 Å². The number of rotatable bonds is 6. The molecule has 2 aliphatic carbocycles. The van der Waals surface area contributed by atoms with Gasteiger partial charge in [-0.2, -0.15) is 0 Å². The fraction of sp³-hybridized carbons (Fsp3) is 0.524. The number of methoxy groups -OCH3 is 1. The lowest BCUT2D eigenvalue weighted by Gasteiger charge is -2.22. The maximum Gasteiger partial charge on any atom is 0.329 e. The summed E-state index contributed by atoms with van der Waals surface area (Å²) in [6.07, 6.45) is 2.90. The highest BCUT2D eigenvalue weighted by Crippen LogP contribution is 2.56. The predicted molar refractivity (Wildman–Crippen MR) is 97.4 cm³/mol. The summed E-state index contributed by atoms with van der Waals surface area (Å²) in [4.78, 5) is 51.3.